The van der Waals surface area contributed by atoms with Crippen LogP contribution < -0.4 is 0 Å². The number of rotatable bonds is 6. The third-order valence-electron chi connectivity index (χ3n) is 2.50. The molecule has 1 unspecified atom stereocenters. The Labute approximate surface area is 90.6 Å². The molecule has 0 amide bonds. The van der Waals surface area contributed by atoms with Gasteiger partial charge in [-0.05, 0) is 25.7 Å². The van der Waals surface area contributed by atoms with Crippen molar-refractivity contribution < 1.29 is 19.4 Å². The SMILES string of the molecule is CCC[C@@H](CC(=O)O)OC1CCCCO1. The van der Waals surface area contributed by atoms with E-state index in [2.05, 4.69) is 0 Å². The van der Waals surface area contributed by atoms with Crippen LogP contribution in [0, 0.1) is 0 Å². The summed E-state index contributed by atoms with van der Waals surface area (Å²) < 4.78 is 11.1. The maximum absolute atomic E-state index is 10.6. The fourth-order valence-electron chi connectivity index (χ4n) is 1.77. The predicted molar refractivity (Wildman–Crippen MR) is 55.6 cm³/mol. The van der Waals surface area contributed by atoms with Gasteiger partial charge in [-0.3, -0.25) is 4.79 Å². The van der Waals surface area contributed by atoms with Crippen LogP contribution in [0.5, 0.6) is 0 Å². The molecule has 4 heteroatoms. The van der Waals surface area contributed by atoms with E-state index in [-0.39, 0.29) is 18.8 Å². The molecular formula is C11H20O4. The molecule has 0 saturated carbocycles. The van der Waals surface area contributed by atoms with E-state index in [0.717, 1.165) is 38.7 Å². The van der Waals surface area contributed by atoms with Gasteiger partial charge >= 0.3 is 5.97 Å². The smallest absolute Gasteiger partial charge is 0.305 e. The molecule has 0 aromatic rings. The van der Waals surface area contributed by atoms with E-state index in [4.69, 9.17) is 14.6 Å². The number of carbonyl (C=O) groups is 1. The predicted octanol–water partition coefficient (Wildman–Crippen LogP) is 2.17. The van der Waals surface area contributed by atoms with E-state index in [1.54, 1.807) is 0 Å². The molecule has 1 rings (SSSR count). The Kier molecular flexibility index (Phi) is 5.65. The van der Waals surface area contributed by atoms with Crippen molar-refractivity contribution in [1.82, 2.24) is 0 Å². The lowest BCUT2D eigenvalue weighted by Crippen LogP contribution is -2.29. The van der Waals surface area contributed by atoms with Crippen LogP contribution in [0.1, 0.15) is 45.4 Å². The third-order valence-corrected chi connectivity index (χ3v) is 2.50. The average Bonchev–Trinajstić information content (AvgIpc) is 2.18. The minimum Gasteiger partial charge on any atom is -0.481 e. The van der Waals surface area contributed by atoms with Crippen molar-refractivity contribution in [2.75, 3.05) is 6.61 Å². The lowest BCUT2D eigenvalue weighted by atomic mass is 10.1. The monoisotopic (exact) mass is 216 g/mol. The molecule has 1 heterocycles. The van der Waals surface area contributed by atoms with Gasteiger partial charge in [0, 0.05) is 6.61 Å². The molecule has 0 aliphatic carbocycles. The highest BCUT2D eigenvalue weighted by Gasteiger charge is 2.21. The number of hydrogen-bond donors (Lipinski definition) is 1. The molecule has 0 aromatic carbocycles. The number of carboxylic acid groups (broad SMARTS) is 1. The van der Waals surface area contributed by atoms with Gasteiger partial charge in [0.15, 0.2) is 6.29 Å². The molecule has 0 spiro atoms. The first-order chi connectivity index (χ1) is 7.22. The molecule has 1 saturated heterocycles. The van der Waals surface area contributed by atoms with Crippen LogP contribution in [0.25, 0.3) is 0 Å². The lowest BCUT2D eigenvalue weighted by Gasteiger charge is -2.27. The summed E-state index contributed by atoms with van der Waals surface area (Å²) >= 11 is 0. The molecule has 1 aliphatic heterocycles. The van der Waals surface area contributed by atoms with Crippen molar-refractivity contribution in [3.05, 3.63) is 0 Å². The molecule has 1 aliphatic rings. The second-order valence-corrected chi connectivity index (χ2v) is 3.94. The second kappa shape index (κ2) is 6.80. The highest BCUT2D eigenvalue weighted by atomic mass is 16.7. The normalized spacial score (nSPS) is 23.7. The van der Waals surface area contributed by atoms with Crippen LogP contribution in [0.3, 0.4) is 0 Å². The first-order valence-corrected chi connectivity index (χ1v) is 5.71. The molecule has 4 nitrogen and oxygen atoms in total. The molecular weight excluding hydrogens is 196 g/mol. The minimum atomic E-state index is -0.802. The van der Waals surface area contributed by atoms with Crippen LogP contribution in [0.15, 0.2) is 0 Å². The van der Waals surface area contributed by atoms with E-state index in [0.29, 0.717) is 0 Å². The molecule has 2 atom stereocenters. The van der Waals surface area contributed by atoms with E-state index in [1.165, 1.54) is 0 Å². The largest absolute Gasteiger partial charge is 0.481 e. The summed E-state index contributed by atoms with van der Waals surface area (Å²) in [6, 6.07) is 0. The second-order valence-electron chi connectivity index (χ2n) is 3.94. The Morgan fingerprint density at radius 1 is 1.60 bits per heavy atom. The summed E-state index contributed by atoms with van der Waals surface area (Å²) in [6.07, 6.45) is 4.49. The van der Waals surface area contributed by atoms with Crippen molar-refractivity contribution in [3.8, 4) is 0 Å². The van der Waals surface area contributed by atoms with Crippen LogP contribution in [0.2, 0.25) is 0 Å². The Morgan fingerprint density at radius 3 is 2.93 bits per heavy atom. The van der Waals surface area contributed by atoms with Gasteiger partial charge in [0.05, 0.1) is 12.5 Å². The zero-order chi connectivity index (χ0) is 11.1. The van der Waals surface area contributed by atoms with Gasteiger partial charge < -0.3 is 14.6 Å². The van der Waals surface area contributed by atoms with E-state index in [1.807, 2.05) is 6.92 Å². The summed E-state index contributed by atoms with van der Waals surface area (Å²) in [7, 11) is 0. The van der Waals surface area contributed by atoms with Crippen LogP contribution >= 0.6 is 0 Å². The summed E-state index contributed by atoms with van der Waals surface area (Å²) in [4.78, 5) is 10.6. The van der Waals surface area contributed by atoms with Gasteiger partial charge in [0.25, 0.3) is 0 Å². The van der Waals surface area contributed by atoms with Gasteiger partial charge in [0.1, 0.15) is 0 Å². The maximum atomic E-state index is 10.6. The first-order valence-electron chi connectivity index (χ1n) is 5.71. The van der Waals surface area contributed by atoms with Crippen LogP contribution in [-0.4, -0.2) is 30.1 Å². The number of carboxylic acids is 1. The molecule has 0 aromatic heterocycles. The van der Waals surface area contributed by atoms with Gasteiger partial charge in [-0.1, -0.05) is 13.3 Å². The summed E-state index contributed by atoms with van der Waals surface area (Å²) in [5.74, 6) is -0.802. The van der Waals surface area contributed by atoms with Gasteiger partial charge in [-0.25, -0.2) is 0 Å². The number of aliphatic carboxylic acids is 1. The van der Waals surface area contributed by atoms with Crippen molar-refractivity contribution >= 4 is 5.97 Å². The van der Waals surface area contributed by atoms with Crippen LogP contribution in [-0.2, 0) is 14.3 Å². The highest BCUT2D eigenvalue weighted by molar-refractivity contribution is 5.67. The third kappa shape index (κ3) is 5.14. The lowest BCUT2D eigenvalue weighted by molar-refractivity contribution is -0.193. The quantitative estimate of drug-likeness (QED) is 0.739. The Bertz CT molecular complexity index is 187. The van der Waals surface area contributed by atoms with E-state index < -0.39 is 5.97 Å². The van der Waals surface area contributed by atoms with E-state index in [9.17, 15) is 4.79 Å². The molecule has 1 fully saturated rings. The molecule has 88 valence electrons. The fourth-order valence-corrected chi connectivity index (χ4v) is 1.77. The van der Waals surface area contributed by atoms with Crippen molar-refractivity contribution in [3.63, 3.8) is 0 Å². The minimum absolute atomic E-state index is 0.0771. The molecule has 0 radical (unpaired) electrons. The average molecular weight is 216 g/mol. The van der Waals surface area contributed by atoms with Crippen molar-refractivity contribution in [2.24, 2.45) is 0 Å². The Hall–Kier alpha value is -0.610. The number of ether oxygens (including phenoxy) is 2. The van der Waals surface area contributed by atoms with Gasteiger partial charge in [-0.15, -0.1) is 0 Å². The fraction of sp³-hybridized carbons (Fsp3) is 0.909. The van der Waals surface area contributed by atoms with Crippen molar-refractivity contribution in [2.45, 2.75) is 57.8 Å². The zero-order valence-electron chi connectivity index (χ0n) is 9.28. The Morgan fingerprint density at radius 2 is 2.40 bits per heavy atom. The maximum Gasteiger partial charge on any atom is 0.305 e. The van der Waals surface area contributed by atoms with Gasteiger partial charge in [0.2, 0.25) is 0 Å². The van der Waals surface area contributed by atoms with Crippen LogP contribution in [0.4, 0.5) is 0 Å². The summed E-state index contributed by atoms with van der Waals surface area (Å²) in [5.41, 5.74) is 0. The standard InChI is InChI=1S/C11H20O4/c1-2-5-9(8-10(12)13)15-11-6-3-4-7-14-11/h9,11H,2-8H2,1H3,(H,12,13)/t9-,11?/m0/s1. The Balaban J connectivity index is 2.31. The molecule has 1 N–H and O–H groups in total. The number of hydrogen-bond acceptors (Lipinski definition) is 3. The van der Waals surface area contributed by atoms with E-state index >= 15 is 0 Å². The topological polar surface area (TPSA) is 55.8 Å². The summed E-state index contributed by atoms with van der Waals surface area (Å²) in [5, 5.41) is 8.72. The first kappa shape index (κ1) is 12.5. The highest BCUT2D eigenvalue weighted by Crippen LogP contribution is 2.18. The molecule has 0 bridgehead atoms. The van der Waals surface area contributed by atoms with Crippen molar-refractivity contribution in [1.29, 1.82) is 0 Å². The summed E-state index contributed by atoms with van der Waals surface area (Å²) in [6.45, 7) is 2.76. The zero-order valence-corrected chi connectivity index (χ0v) is 9.28. The molecule has 15 heavy (non-hydrogen) atoms. The van der Waals surface area contributed by atoms with Gasteiger partial charge in [-0.2, -0.15) is 0 Å².